The van der Waals surface area contributed by atoms with Crippen molar-refractivity contribution in [1.82, 2.24) is 0 Å². The lowest BCUT2D eigenvalue weighted by Gasteiger charge is -2.28. The summed E-state index contributed by atoms with van der Waals surface area (Å²) >= 11 is 0. The smallest absolute Gasteiger partial charge is 0.145 e. The fourth-order valence-electron chi connectivity index (χ4n) is 7.76. The Labute approximate surface area is 302 Å². The van der Waals surface area contributed by atoms with Gasteiger partial charge in [-0.2, -0.15) is 0 Å². The number of para-hydroxylation sites is 1. The van der Waals surface area contributed by atoms with Crippen molar-refractivity contribution < 1.29 is 4.42 Å². The van der Waals surface area contributed by atoms with Crippen LogP contribution in [0, 0.1) is 0 Å². The lowest BCUT2D eigenvalue weighted by atomic mass is 9.97. The average Bonchev–Trinajstić information content (AvgIpc) is 3.62. The number of nitrogens with zero attached hydrogens (tertiary/aromatic N) is 1. The van der Waals surface area contributed by atoms with Crippen LogP contribution >= 0.6 is 0 Å². The largest absolute Gasteiger partial charge is 0.455 e. The highest BCUT2D eigenvalue weighted by atomic mass is 16.3. The molecule has 0 saturated carbocycles. The third-order valence-corrected chi connectivity index (χ3v) is 10.3. The summed E-state index contributed by atoms with van der Waals surface area (Å²) in [6, 6.07) is 71.6. The maximum absolute atomic E-state index is 6.74. The molecule has 10 rings (SSSR count). The van der Waals surface area contributed by atoms with Crippen molar-refractivity contribution in [2.75, 3.05) is 4.90 Å². The average molecular weight is 664 g/mol. The van der Waals surface area contributed by atoms with Crippen LogP contribution in [0.3, 0.4) is 0 Å². The first-order valence-corrected chi connectivity index (χ1v) is 17.8. The molecule has 0 aliphatic carbocycles. The lowest BCUT2D eigenvalue weighted by molar-refractivity contribution is 0.670. The van der Waals surface area contributed by atoms with E-state index in [1.165, 1.54) is 43.8 Å². The minimum Gasteiger partial charge on any atom is -0.455 e. The van der Waals surface area contributed by atoms with E-state index in [9.17, 15) is 0 Å². The van der Waals surface area contributed by atoms with Crippen LogP contribution in [0.2, 0.25) is 0 Å². The van der Waals surface area contributed by atoms with Crippen molar-refractivity contribution >= 4 is 60.5 Å². The van der Waals surface area contributed by atoms with Gasteiger partial charge in [0.25, 0.3) is 0 Å². The minimum absolute atomic E-state index is 0.875. The SMILES string of the molecule is c1ccc(-c2ccc(-c3ccc(N(c4cccc5c4ccc4ccccc45)c4ccc(-c5ccccc5)c5oc6ccccc6c45)cc3)cc2)cc1. The monoisotopic (exact) mass is 663 g/mol. The van der Waals surface area contributed by atoms with Crippen molar-refractivity contribution in [3.05, 3.63) is 200 Å². The summed E-state index contributed by atoms with van der Waals surface area (Å²) in [6.45, 7) is 0. The first-order chi connectivity index (χ1) is 25.8. The van der Waals surface area contributed by atoms with Crippen LogP contribution in [0.5, 0.6) is 0 Å². The molecule has 244 valence electrons. The molecule has 0 spiro atoms. The molecule has 9 aromatic carbocycles. The van der Waals surface area contributed by atoms with E-state index in [-0.39, 0.29) is 0 Å². The Kier molecular flexibility index (Phi) is 7.18. The Bertz CT molecular complexity index is 2870. The van der Waals surface area contributed by atoms with Gasteiger partial charge >= 0.3 is 0 Å². The van der Waals surface area contributed by atoms with Crippen LogP contribution in [0.15, 0.2) is 205 Å². The Morgan fingerprint density at radius 3 is 1.63 bits per heavy atom. The Hall–Kier alpha value is -6.90. The summed E-state index contributed by atoms with van der Waals surface area (Å²) in [6.07, 6.45) is 0. The molecule has 10 aromatic rings. The van der Waals surface area contributed by atoms with E-state index in [2.05, 4.69) is 199 Å². The van der Waals surface area contributed by atoms with Crippen molar-refractivity contribution in [1.29, 1.82) is 0 Å². The second-order valence-electron chi connectivity index (χ2n) is 13.3. The number of anilines is 3. The van der Waals surface area contributed by atoms with Gasteiger partial charge in [0.15, 0.2) is 0 Å². The van der Waals surface area contributed by atoms with Gasteiger partial charge in [-0.3, -0.25) is 0 Å². The van der Waals surface area contributed by atoms with E-state index in [0.717, 1.165) is 50.1 Å². The minimum atomic E-state index is 0.875. The quantitative estimate of drug-likeness (QED) is 0.165. The highest BCUT2D eigenvalue weighted by molar-refractivity contribution is 6.19. The molecule has 0 fully saturated rings. The lowest BCUT2D eigenvalue weighted by Crippen LogP contribution is -2.11. The predicted octanol–water partition coefficient (Wildman–Crippen LogP) is 14.4. The van der Waals surface area contributed by atoms with Gasteiger partial charge < -0.3 is 9.32 Å². The zero-order valence-corrected chi connectivity index (χ0v) is 28.4. The van der Waals surface area contributed by atoms with Crippen molar-refractivity contribution in [3.63, 3.8) is 0 Å². The fraction of sp³-hybridized carbons (Fsp3) is 0. The summed E-state index contributed by atoms with van der Waals surface area (Å²) in [5, 5.41) is 7.08. The molecule has 0 saturated heterocycles. The second kappa shape index (κ2) is 12.5. The molecule has 0 radical (unpaired) electrons. The van der Waals surface area contributed by atoms with Gasteiger partial charge in [-0.15, -0.1) is 0 Å². The van der Waals surface area contributed by atoms with Crippen LogP contribution in [-0.2, 0) is 0 Å². The fourth-order valence-corrected chi connectivity index (χ4v) is 7.76. The van der Waals surface area contributed by atoms with Crippen molar-refractivity contribution in [2.24, 2.45) is 0 Å². The molecule has 0 atom stereocenters. The first-order valence-electron chi connectivity index (χ1n) is 17.8. The first kappa shape index (κ1) is 30.0. The van der Waals surface area contributed by atoms with Crippen molar-refractivity contribution in [3.8, 4) is 33.4 Å². The zero-order valence-electron chi connectivity index (χ0n) is 28.4. The normalized spacial score (nSPS) is 11.5. The molecule has 0 unspecified atom stereocenters. The molecule has 0 aliphatic rings. The van der Waals surface area contributed by atoms with Gasteiger partial charge in [-0.25, -0.2) is 0 Å². The Morgan fingerprint density at radius 1 is 0.327 bits per heavy atom. The predicted molar refractivity (Wildman–Crippen MR) is 220 cm³/mol. The topological polar surface area (TPSA) is 16.4 Å². The molecule has 0 amide bonds. The van der Waals surface area contributed by atoms with Gasteiger partial charge in [0, 0.05) is 22.0 Å². The number of benzene rings is 9. The van der Waals surface area contributed by atoms with E-state index in [4.69, 9.17) is 4.42 Å². The summed E-state index contributed by atoms with van der Waals surface area (Å²) < 4.78 is 6.74. The molecule has 0 bridgehead atoms. The zero-order chi connectivity index (χ0) is 34.4. The van der Waals surface area contributed by atoms with Gasteiger partial charge in [0.05, 0.1) is 16.8 Å². The van der Waals surface area contributed by atoms with E-state index in [1.54, 1.807) is 0 Å². The Morgan fingerprint density at radius 2 is 0.904 bits per heavy atom. The molecule has 0 N–H and O–H groups in total. The van der Waals surface area contributed by atoms with Gasteiger partial charge in [-0.1, -0.05) is 164 Å². The van der Waals surface area contributed by atoms with E-state index >= 15 is 0 Å². The number of rotatable bonds is 6. The molecular formula is C50H33NO. The molecule has 1 heterocycles. The molecule has 2 nitrogen and oxygen atoms in total. The van der Waals surface area contributed by atoms with Crippen LogP contribution in [0.4, 0.5) is 17.1 Å². The van der Waals surface area contributed by atoms with Gasteiger partial charge in [0.2, 0.25) is 0 Å². The van der Waals surface area contributed by atoms with E-state index in [1.807, 2.05) is 6.07 Å². The standard InChI is InChI=1S/C50H33NO/c1-3-12-34(13-4-1)35-22-24-36(25-23-35)37-26-29-40(30-27-37)51(46-20-11-19-43-41-17-8-7-16-39(41)28-31-44(43)46)47-33-32-42(38-14-5-2-6-15-38)50-49(47)45-18-9-10-21-48(45)52-50/h1-33H. The highest BCUT2D eigenvalue weighted by Gasteiger charge is 2.23. The molecule has 0 aliphatic heterocycles. The molecule has 2 heteroatoms. The van der Waals surface area contributed by atoms with Crippen molar-refractivity contribution in [2.45, 2.75) is 0 Å². The van der Waals surface area contributed by atoms with Crippen LogP contribution in [0.25, 0.3) is 76.9 Å². The third-order valence-electron chi connectivity index (χ3n) is 10.3. The van der Waals surface area contributed by atoms with Crippen LogP contribution < -0.4 is 4.90 Å². The second-order valence-corrected chi connectivity index (χ2v) is 13.3. The summed E-state index contributed by atoms with van der Waals surface area (Å²) in [5.41, 5.74) is 12.0. The molecule has 52 heavy (non-hydrogen) atoms. The van der Waals surface area contributed by atoms with Crippen LogP contribution in [-0.4, -0.2) is 0 Å². The van der Waals surface area contributed by atoms with Crippen LogP contribution in [0.1, 0.15) is 0 Å². The summed E-state index contributed by atoms with van der Waals surface area (Å²) in [5.74, 6) is 0. The van der Waals surface area contributed by atoms with Gasteiger partial charge in [-0.05, 0) is 80.4 Å². The maximum atomic E-state index is 6.74. The maximum Gasteiger partial charge on any atom is 0.145 e. The van der Waals surface area contributed by atoms with Gasteiger partial charge in [0.1, 0.15) is 11.2 Å². The molecule has 1 aromatic heterocycles. The number of hydrogen-bond donors (Lipinski definition) is 0. The highest BCUT2D eigenvalue weighted by Crippen LogP contribution is 2.48. The number of furan rings is 1. The summed E-state index contributed by atoms with van der Waals surface area (Å²) in [4.78, 5) is 2.42. The van der Waals surface area contributed by atoms with E-state index in [0.29, 0.717) is 0 Å². The summed E-state index contributed by atoms with van der Waals surface area (Å²) in [7, 11) is 0. The van der Waals surface area contributed by atoms with E-state index < -0.39 is 0 Å². The number of hydrogen-bond acceptors (Lipinski definition) is 2. The number of fused-ring (bicyclic) bond motifs is 6. The Balaban J connectivity index is 1.19. The third kappa shape index (κ3) is 5.04. The molecular weight excluding hydrogens is 631 g/mol.